The Bertz CT molecular complexity index is 185. The van der Waals surface area contributed by atoms with Crippen LogP contribution in [-0.4, -0.2) is 40.0 Å². The van der Waals surface area contributed by atoms with Crippen LogP contribution in [0, 0.1) is 0 Å². The summed E-state index contributed by atoms with van der Waals surface area (Å²) in [6.07, 6.45) is 1.19. The number of nitrogens with two attached hydrogens (primary N) is 1. The van der Waals surface area contributed by atoms with Crippen LogP contribution in [0.4, 0.5) is 4.79 Å². The number of hydrogen-bond donors (Lipinski definition) is 3. The average molecular weight is 174 g/mol. The van der Waals surface area contributed by atoms with Gasteiger partial charge in [-0.05, 0) is 19.3 Å². The molecule has 5 nitrogen and oxygen atoms in total. The number of rotatable bonds is 1. The molecule has 1 saturated heterocycles. The zero-order valence-corrected chi connectivity index (χ0v) is 6.86. The van der Waals surface area contributed by atoms with Gasteiger partial charge < -0.3 is 15.9 Å². The molecule has 5 heteroatoms. The molecule has 0 aromatic heterocycles. The summed E-state index contributed by atoms with van der Waals surface area (Å²) in [7, 11) is 0. The molecule has 1 atom stereocenters. The lowest BCUT2D eigenvalue weighted by Crippen LogP contribution is -2.62. The number of aliphatic hydroxyl groups is 1. The van der Waals surface area contributed by atoms with Crippen molar-refractivity contribution in [2.24, 2.45) is 5.73 Å². The van der Waals surface area contributed by atoms with E-state index in [0.29, 0.717) is 13.0 Å². The summed E-state index contributed by atoms with van der Waals surface area (Å²) in [4.78, 5) is 11.8. The summed E-state index contributed by atoms with van der Waals surface area (Å²) < 4.78 is 0. The molecule has 12 heavy (non-hydrogen) atoms. The molecule has 0 bridgehead atoms. The smallest absolute Gasteiger partial charge is 0.408 e. The topological polar surface area (TPSA) is 86.8 Å². The Hall–Kier alpha value is -0.810. The van der Waals surface area contributed by atoms with Crippen LogP contribution >= 0.6 is 0 Å². The van der Waals surface area contributed by atoms with Crippen LogP contribution in [0.15, 0.2) is 0 Å². The molecular weight excluding hydrogens is 160 g/mol. The minimum atomic E-state index is -1.05. The third-order valence-corrected chi connectivity index (χ3v) is 2.28. The normalized spacial score (nSPS) is 30.3. The van der Waals surface area contributed by atoms with Gasteiger partial charge in [-0.25, -0.2) is 4.79 Å². The quantitative estimate of drug-likeness (QED) is 0.513. The van der Waals surface area contributed by atoms with Gasteiger partial charge in [0, 0.05) is 6.54 Å². The third-order valence-electron chi connectivity index (χ3n) is 2.28. The minimum Gasteiger partial charge on any atom is -0.465 e. The van der Waals surface area contributed by atoms with E-state index in [2.05, 4.69) is 0 Å². The van der Waals surface area contributed by atoms with E-state index in [-0.39, 0.29) is 6.61 Å². The molecule has 1 aliphatic heterocycles. The van der Waals surface area contributed by atoms with E-state index in [9.17, 15) is 4.79 Å². The minimum absolute atomic E-state index is 0.306. The number of amides is 1. The standard InChI is InChI=1S/C7H14N2O3/c8-7(5-10)3-1-2-4-9(7)6(11)12/h10H,1-5,8H2,(H,11,12). The first-order valence-corrected chi connectivity index (χ1v) is 4.00. The maximum Gasteiger partial charge on any atom is 0.408 e. The number of likely N-dealkylation sites (tertiary alicyclic amines) is 1. The molecule has 1 fully saturated rings. The van der Waals surface area contributed by atoms with Crippen LogP contribution in [0.3, 0.4) is 0 Å². The van der Waals surface area contributed by atoms with E-state index in [1.165, 1.54) is 0 Å². The summed E-state index contributed by atoms with van der Waals surface area (Å²) in [6.45, 7) is 0.117. The molecule has 0 spiro atoms. The van der Waals surface area contributed by atoms with Crippen LogP contribution in [0.5, 0.6) is 0 Å². The molecule has 0 radical (unpaired) electrons. The Morgan fingerprint density at radius 1 is 1.58 bits per heavy atom. The largest absolute Gasteiger partial charge is 0.465 e. The second-order valence-corrected chi connectivity index (χ2v) is 3.15. The molecule has 0 aliphatic carbocycles. The number of aliphatic hydroxyl groups excluding tert-OH is 1. The molecule has 1 aliphatic rings. The second-order valence-electron chi connectivity index (χ2n) is 3.15. The zero-order chi connectivity index (χ0) is 9.19. The number of piperidine rings is 1. The van der Waals surface area contributed by atoms with Crippen molar-refractivity contribution in [2.45, 2.75) is 24.9 Å². The maximum atomic E-state index is 10.7. The summed E-state index contributed by atoms with van der Waals surface area (Å²) in [5, 5.41) is 17.7. The highest BCUT2D eigenvalue weighted by atomic mass is 16.4. The van der Waals surface area contributed by atoms with Gasteiger partial charge in [0.15, 0.2) is 0 Å². The van der Waals surface area contributed by atoms with Crippen molar-refractivity contribution < 1.29 is 15.0 Å². The van der Waals surface area contributed by atoms with E-state index < -0.39 is 11.8 Å². The van der Waals surface area contributed by atoms with Crippen LogP contribution in [0.2, 0.25) is 0 Å². The maximum absolute atomic E-state index is 10.7. The molecule has 1 unspecified atom stereocenters. The first-order valence-electron chi connectivity index (χ1n) is 4.00. The fourth-order valence-electron chi connectivity index (χ4n) is 1.51. The third kappa shape index (κ3) is 1.51. The predicted octanol–water partition coefficient (Wildman–Crippen LogP) is -0.202. The van der Waals surface area contributed by atoms with E-state index in [1.807, 2.05) is 0 Å². The highest BCUT2D eigenvalue weighted by Crippen LogP contribution is 2.22. The Kier molecular flexibility index (Phi) is 2.54. The van der Waals surface area contributed by atoms with Gasteiger partial charge in [0.2, 0.25) is 0 Å². The van der Waals surface area contributed by atoms with Crippen LogP contribution in [-0.2, 0) is 0 Å². The van der Waals surface area contributed by atoms with Crippen LogP contribution < -0.4 is 5.73 Å². The van der Waals surface area contributed by atoms with Gasteiger partial charge in [0.25, 0.3) is 0 Å². The molecule has 1 heterocycles. The van der Waals surface area contributed by atoms with Gasteiger partial charge in [-0.2, -0.15) is 0 Å². The van der Waals surface area contributed by atoms with Crippen molar-refractivity contribution in [2.75, 3.05) is 13.2 Å². The molecule has 1 rings (SSSR count). The van der Waals surface area contributed by atoms with E-state index >= 15 is 0 Å². The fourth-order valence-corrected chi connectivity index (χ4v) is 1.51. The lowest BCUT2D eigenvalue weighted by molar-refractivity contribution is 0.0118. The molecule has 1 amide bonds. The summed E-state index contributed by atoms with van der Waals surface area (Å²) in [5.74, 6) is 0. The number of carboxylic acid groups (broad SMARTS) is 1. The Balaban J connectivity index is 2.73. The second kappa shape index (κ2) is 3.28. The first kappa shape index (κ1) is 9.28. The monoisotopic (exact) mass is 174 g/mol. The van der Waals surface area contributed by atoms with Crippen molar-refractivity contribution in [1.29, 1.82) is 0 Å². The first-order chi connectivity index (χ1) is 5.60. The highest BCUT2D eigenvalue weighted by molar-refractivity contribution is 5.66. The number of nitrogens with zero attached hydrogens (tertiary/aromatic N) is 1. The molecular formula is C7H14N2O3. The number of carbonyl (C=O) groups is 1. The van der Waals surface area contributed by atoms with E-state index in [1.54, 1.807) is 0 Å². The highest BCUT2D eigenvalue weighted by Gasteiger charge is 2.37. The Morgan fingerprint density at radius 3 is 2.67 bits per heavy atom. The van der Waals surface area contributed by atoms with Gasteiger partial charge in [-0.1, -0.05) is 0 Å². The summed E-state index contributed by atoms with van der Waals surface area (Å²) in [5.41, 5.74) is 4.65. The Morgan fingerprint density at radius 2 is 2.25 bits per heavy atom. The van der Waals surface area contributed by atoms with Gasteiger partial charge in [0.1, 0.15) is 5.66 Å². The predicted molar refractivity (Wildman–Crippen MR) is 42.6 cm³/mol. The molecule has 70 valence electrons. The van der Waals surface area contributed by atoms with Crippen molar-refractivity contribution >= 4 is 6.09 Å². The lowest BCUT2D eigenvalue weighted by Gasteiger charge is -2.41. The van der Waals surface area contributed by atoms with Gasteiger partial charge in [-0.3, -0.25) is 4.90 Å². The van der Waals surface area contributed by atoms with Crippen molar-refractivity contribution in [1.82, 2.24) is 4.90 Å². The Labute approximate surface area is 70.8 Å². The SMILES string of the molecule is NC1(CO)CCCCN1C(=O)O. The van der Waals surface area contributed by atoms with Crippen LogP contribution in [0.1, 0.15) is 19.3 Å². The number of hydrogen-bond acceptors (Lipinski definition) is 3. The van der Waals surface area contributed by atoms with Gasteiger partial charge in [0.05, 0.1) is 6.61 Å². The van der Waals surface area contributed by atoms with Crippen molar-refractivity contribution in [3.8, 4) is 0 Å². The summed E-state index contributed by atoms with van der Waals surface area (Å²) >= 11 is 0. The van der Waals surface area contributed by atoms with E-state index in [0.717, 1.165) is 17.7 Å². The molecule has 0 aromatic carbocycles. The van der Waals surface area contributed by atoms with Crippen molar-refractivity contribution in [3.05, 3.63) is 0 Å². The van der Waals surface area contributed by atoms with Crippen LogP contribution in [0.25, 0.3) is 0 Å². The average Bonchev–Trinajstić information content (AvgIpc) is 2.05. The van der Waals surface area contributed by atoms with Crippen molar-refractivity contribution in [3.63, 3.8) is 0 Å². The fraction of sp³-hybridized carbons (Fsp3) is 0.857. The molecule has 0 aromatic rings. The van der Waals surface area contributed by atoms with Gasteiger partial charge >= 0.3 is 6.09 Å². The lowest BCUT2D eigenvalue weighted by atomic mass is 9.97. The van der Waals surface area contributed by atoms with Gasteiger partial charge in [-0.15, -0.1) is 0 Å². The zero-order valence-electron chi connectivity index (χ0n) is 6.86. The molecule has 4 N–H and O–H groups in total. The summed E-state index contributed by atoms with van der Waals surface area (Å²) in [6, 6.07) is 0. The molecule has 0 saturated carbocycles. The van der Waals surface area contributed by atoms with E-state index in [4.69, 9.17) is 15.9 Å².